The highest BCUT2D eigenvalue weighted by atomic mass is 32.2. The molecule has 2 saturated heterocycles. The molecule has 2 aliphatic heterocycles. The molecule has 56 heavy (non-hydrogen) atoms. The smallest absolute Gasteiger partial charge is 0.490 e. The van der Waals surface area contributed by atoms with Crippen LogP contribution in [0.25, 0.3) is 10.8 Å². The molecule has 3 N–H and O–H groups in total. The van der Waals surface area contributed by atoms with Gasteiger partial charge in [-0.25, -0.2) is 13.2 Å². The molecule has 1 saturated carbocycles. The molecule has 0 radical (unpaired) electrons. The van der Waals surface area contributed by atoms with Crippen LogP contribution in [0.2, 0.25) is 0 Å². The van der Waals surface area contributed by atoms with Crippen LogP contribution in [-0.2, 0) is 25.5 Å². The van der Waals surface area contributed by atoms with E-state index in [0.29, 0.717) is 52.6 Å². The third-order valence-corrected chi connectivity index (χ3v) is 12.3. The summed E-state index contributed by atoms with van der Waals surface area (Å²) in [5, 5.41) is 8.49. The van der Waals surface area contributed by atoms with Gasteiger partial charge in [0.2, 0.25) is 15.9 Å². The summed E-state index contributed by atoms with van der Waals surface area (Å²) in [6.45, 7) is 0. The first kappa shape index (κ1) is 40.9. The minimum atomic E-state index is -5.08. The van der Waals surface area contributed by atoms with Gasteiger partial charge >= 0.3 is 12.1 Å². The molecule has 0 spiro atoms. The maximum Gasteiger partial charge on any atom is 0.490 e. The number of sulfonamides is 1. The fourth-order valence-corrected chi connectivity index (χ4v) is 9.07. The average Bonchev–Trinajstić information content (AvgIpc) is 3.77. The Labute approximate surface area is 321 Å². The van der Waals surface area contributed by atoms with Crippen molar-refractivity contribution in [3.8, 4) is 17.2 Å². The molecule has 3 fully saturated rings. The number of carbonyl (C=O) groups is 2. The third-order valence-electron chi connectivity index (χ3n) is 10.5. The minimum absolute atomic E-state index is 0.138. The van der Waals surface area contributed by atoms with Gasteiger partial charge in [0.05, 0.1) is 11.0 Å². The van der Waals surface area contributed by atoms with Crippen LogP contribution in [-0.4, -0.2) is 78.1 Å². The molecular weight excluding hydrogens is 762 g/mol. The molecule has 1 aliphatic carbocycles. The quantitative estimate of drug-likeness (QED) is 0.155. The number of fused-ring (bicyclic) bond motifs is 3. The lowest BCUT2D eigenvalue weighted by molar-refractivity contribution is -0.192. The first-order chi connectivity index (χ1) is 26.4. The van der Waals surface area contributed by atoms with E-state index in [-0.39, 0.29) is 29.1 Å². The molecule has 4 aromatic rings. The third kappa shape index (κ3) is 8.92. The lowest BCUT2D eigenvalue weighted by atomic mass is 9.94. The van der Waals surface area contributed by atoms with Crippen LogP contribution in [0.15, 0.2) is 95.9 Å². The van der Waals surface area contributed by atoms with Crippen molar-refractivity contribution in [1.29, 1.82) is 0 Å². The zero-order chi connectivity index (χ0) is 40.4. The molecule has 4 aromatic carbocycles. The largest absolute Gasteiger partial charge is 0.490 e. The van der Waals surface area contributed by atoms with Crippen molar-refractivity contribution in [3.63, 3.8) is 0 Å². The number of alkyl halides is 5. The lowest BCUT2D eigenvalue weighted by Crippen LogP contribution is -2.61. The van der Waals surface area contributed by atoms with E-state index in [2.05, 4.69) is 0 Å². The maximum absolute atomic E-state index is 16.9. The fraction of sp³-hybridized carbons (Fsp3) is 0.400. The summed E-state index contributed by atoms with van der Waals surface area (Å²) in [6, 6.07) is 20.9. The van der Waals surface area contributed by atoms with Crippen LogP contribution in [0.5, 0.6) is 17.2 Å². The number of piperidine rings is 1. The van der Waals surface area contributed by atoms with E-state index in [1.54, 1.807) is 42.5 Å². The number of para-hydroxylation sites is 1. The number of halogens is 5. The number of carboxylic acids is 1. The van der Waals surface area contributed by atoms with Crippen LogP contribution in [0.1, 0.15) is 56.9 Å². The Hall–Kier alpha value is -4.80. The second-order valence-electron chi connectivity index (χ2n) is 14.3. The van der Waals surface area contributed by atoms with Gasteiger partial charge in [-0.15, -0.1) is 0 Å². The normalized spacial score (nSPS) is 20.7. The van der Waals surface area contributed by atoms with Crippen molar-refractivity contribution < 1.29 is 54.5 Å². The van der Waals surface area contributed by atoms with Gasteiger partial charge in [0, 0.05) is 30.7 Å². The predicted molar refractivity (Wildman–Crippen MR) is 197 cm³/mol. The molecule has 0 aromatic heterocycles. The van der Waals surface area contributed by atoms with Crippen molar-refractivity contribution in [1.82, 2.24) is 9.21 Å². The summed E-state index contributed by atoms with van der Waals surface area (Å²) in [4.78, 5) is 24.6. The molecule has 3 aliphatic rings. The summed E-state index contributed by atoms with van der Waals surface area (Å²) >= 11 is 0. The number of aliphatic carboxylic acids is 1. The van der Waals surface area contributed by atoms with Crippen LogP contribution in [0.3, 0.4) is 0 Å². The molecule has 300 valence electrons. The van der Waals surface area contributed by atoms with E-state index in [1.807, 2.05) is 12.1 Å². The minimum Gasteiger partial charge on any atom is -0.490 e. The van der Waals surface area contributed by atoms with Gasteiger partial charge in [-0.1, -0.05) is 30.3 Å². The number of nitrogens with two attached hydrogens (primary N) is 1. The van der Waals surface area contributed by atoms with Crippen molar-refractivity contribution >= 4 is 32.7 Å². The van der Waals surface area contributed by atoms with Crippen molar-refractivity contribution in [3.05, 3.63) is 96.6 Å². The highest BCUT2D eigenvalue weighted by Crippen LogP contribution is 2.43. The number of likely N-dealkylation sites (N-methyl/N-ethyl adjacent to an activating group) is 1. The number of rotatable bonds is 10. The number of benzene rings is 4. The molecule has 2 heterocycles. The van der Waals surface area contributed by atoms with Crippen LogP contribution < -0.4 is 15.2 Å². The van der Waals surface area contributed by atoms with E-state index >= 15 is 8.78 Å². The van der Waals surface area contributed by atoms with E-state index in [4.69, 9.17) is 25.1 Å². The lowest BCUT2D eigenvalue weighted by Gasteiger charge is -2.42. The second-order valence-corrected chi connectivity index (χ2v) is 16.3. The molecule has 1 amide bonds. The van der Waals surface area contributed by atoms with Crippen molar-refractivity contribution in [2.45, 2.75) is 98.6 Å². The SMILES string of the molecule is CN(C(C(=O)N1C2CCC1CC(N)C2)C(F)(F)c1ccc(Oc2ccccc2)cc1)S(=O)(=O)c1ccc2cc(OC3CCCC3)ccc2c1.O=C(O)C(F)(F)F. The van der Waals surface area contributed by atoms with Crippen molar-refractivity contribution in [2.75, 3.05) is 7.05 Å². The summed E-state index contributed by atoms with van der Waals surface area (Å²) in [5.74, 6) is -6.01. The van der Waals surface area contributed by atoms with Gasteiger partial charge in [-0.2, -0.15) is 26.3 Å². The molecule has 16 heteroatoms. The highest BCUT2D eigenvalue weighted by Gasteiger charge is 2.56. The Balaban J connectivity index is 0.000000695. The van der Waals surface area contributed by atoms with Gasteiger partial charge in [0.15, 0.2) is 6.04 Å². The molecule has 10 nitrogen and oxygen atoms in total. The average molecular weight is 804 g/mol. The summed E-state index contributed by atoms with van der Waals surface area (Å²) in [6.07, 6.45) is 1.61. The number of carboxylic acid groups (broad SMARTS) is 1. The van der Waals surface area contributed by atoms with E-state index in [0.717, 1.165) is 38.1 Å². The van der Waals surface area contributed by atoms with E-state index in [1.165, 1.54) is 41.3 Å². The second kappa shape index (κ2) is 16.4. The van der Waals surface area contributed by atoms with Gasteiger partial charge in [-0.3, -0.25) is 4.79 Å². The zero-order valence-corrected chi connectivity index (χ0v) is 31.2. The maximum atomic E-state index is 16.9. The Bertz CT molecular complexity index is 2120. The van der Waals surface area contributed by atoms with E-state index in [9.17, 15) is 26.4 Å². The number of amides is 1. The molecular formula is C40H42F5N3O7S. The Morgan fingerprint density at radius 1 is 0.804 bits per heavy atom. The number of carbonyl (C=O) groups excluding carboxylic acids is 1. The standard InChI is InChI=1S/C38H41F2N3O5S.C2HF3O2/c1-42(49(45,46)35-20-12-25-21-34(17-11-26(25)22-35)48-32-9-5-6-10-32)36(37(44)43-29-15-16-30(43)24-28(41)23-29)38(39,40)27-13-18-33(19-14-27)47-31-7-3-2-4-8-31;3-2(4,5)1(6)7/h2-4,7-8,11-14,17-22,28-30,32,36H,5-6,9-10,15-16,23-24,41H2,1H3;(H,6,7). The number of ether oxygens (including phenoxy) is 2. The molecule has 3 atom stereocenters. The molecule has 3 unspecified atom stereocenters. The predicted octanol–water partition coefficient (Wildman–Crippen LogP) is 7.85. The van der Waals surface area contributed by atoms with Gasteiger partial charge in [0.1, 0.15) is 17.2 Å². The van der Waals surface area contributed by atoms with Crippen LogP contribution in [0.4, 0.5) is 22.0 Å². The van der Waals surface area contributed by atoms with Crippen LogP contribution >= 0.6 is 0 Å². The van der Waals surface area contributed by atoms with Gasteiger partial charge in [0.25, 0.3) is 5.92 Å². The molecule has 2 bridgehead atoms. The fourth-order valence-electron chi connectivity index (χ4n) is 7.73. The summed E-state index contributed by atoms with van der Waals surface area (Å²) < 4.78 is 106. The first-order valence-electron chi connectivity index (χ1n) is 18.2. The number of hydrogen-bond donors (Lipinski definition) is 2. The first-order valence-corrected chi connectivity index (χ1v) is 19.7. The molecule has 7 rings (SSSR count). The van der Waals surface area contributed by atoms with Crippen LogP contribution in [0, 0.1) is 0 Å². The highest BCUT2D eigenvalue weighted by molar-refractivity contribution is 7.89. The Morgan fingerprint density at radius 3 is 1.93 bits per heavy atom. The number of hydrogen-bond acceptors (Lipinski definition) is 7. The zero-order valence-electron chi connectivity index (χ0n) is 30.4. The topological polar surface area (TPSA) is 139 Å². The van der Waals surface area contributed by atoms with Crippen molar-refractivity contribution in [2.24, 2.45) is 5.73 Å². The monoisotopic (exact) mass is 803 g/mol. The van der Waals surface area contributed by atoms with E-state index < -0.39 is 45.6 Å². The Kier molecular flexibility index (Phi) is 11.9. The number of nitrogens with zero attached hydrogens (tertiary/aromatic N) is 2. The van der Waals surface area contributed by atoms with Gasteiger partial charge < -0.3 is 25.2 Å². The summed E-state index contributed by atoms with van der Waals surface area (Å²) in [5.41, 5.74) is 5.73. The summed E-state index contributed by atoms with van der Waals surface area (Å²) in [7, 11) is -3.51. The van der Waals surface area contributed by atoms with Gasteiger partial charge in [-0.05, 0) is 123 Å². The Morgan fingerprint density at radius 2 is 1.34 bits per heavy atom.